The maximum Gasteiger partial charge on any atom is 0.409 e. The Kier molecular flexibility index (Phi) is 6.38. The van der Waals surface area contributed by atoms with E-state index in [1.807, 2.05) is 24.0 Å². The van der Waals surface area contributed by atoms with Crippen LogP contribution < -0.4 is 0 Å². The number of aromatic nitrogens is 1. The second-order valence-electron chi connectivity index (χ2n) is 5.78. The van der Waals surface area contributed by atoms with Crippen molar-refractivity contribution >= 4 is 12.0 Å². The third kappa shape index (κ3) is 4.68. The van der Waals surface area contributed by atoms with Crippen molar-refractivity contribution in [1.82, 2.24) is 14.8 Å². The highest BCUT2D eigenvalue weighted by Crippen LogP contribution is 2.19. The summed E-state index contributed by atoms with van der Waals surface area (Å²) < 4.78 is 4.77. The van der Waals surface area contributed by atoms with Crippen LogP contribution in [0.2, 0.25) is 0 Å². The van der Waals surface area contributed by atoms with Gasteiger partial charge in [0.05, 0.1) is 13.0 Å². The van der Waals surface area contributed by atoms with Crippen LogP contribution in [-0.2, 0) is 16.0 Å². The van der Waals surface area contributed by atoms with E-state index in [2.05, 4.69) is 4.98 Å². The van der Waals surface area contributed by atoms with E-state index in [4.69, 9.17) is 4.74 Å². The standard InChI is InChI=1S/C17H25N3O3/c1-3-19(12-8-14-6-9-18-10-7-14)16(21)15-5-4-11-20(13-15)17(22)23-2/h6-7,9-10,15H,3-5,8,11-13H2,1-2H3. The summed E-state index contributed by atoms with van der Waals surface area (Å²) in [6.07, 6.45) is 5.68. The molecule has 126 valence electrons. The molecule has 1 fully saturated rings. The van der Waals surface area contributed by atoms with Gasteiger partial charge in [-0.2, -0.15) is 0 Å². The highest BCUT2D eigenvalue weighted by atomic mass is 16.5. The average Bonchev–Trinajstić information content (AvgIpc) is 2.62. The highest BCUT2D eigenvalue weighted by Gasteiger charge is 2.31. The fourth-order valence-electron chi connectivity index (χ4n) is 2.97. The molecule has 0 radical (unpaired) electrons. The van der Waals surface area contributed by atoms with Gasteiger partial charge >= 0.3 is 6.09 Å². The van der Waals surface area contributed by atoms with Crippen LogP contribution in [0.15, 0.2) is 24.5 Å². The molecule has 1 aliphatic rings. The largest absolute Gasteiger partial charge is 0.453 e. The Labute approximate surface area is 137 Å². The van der Waals surface area contributed by atoms with Crippen molar-refractivity contribution in [2.45, 2.75) is 26.2 Å². The van der Waals surface area contributed by atoms with Crippen molar-refractivity contribution in [3.05, 3.63) is 30.1 Å². The number of pyridine rings is 1. The minimum Gasteiger partial charge on any atom is -0.453 e. The first-order chi connectivity index (χ1) is 11.2. The average molecular weight is 319 g/mol. The van der Waals surface area contributed by atoms with E-state index >= 15 is 0 Å². The molecule has 0 spiro atoms. The number of nitrogens with zero attached hydrogens (tertiary/aromatic N) is 3. The molecule has 1 aliphatic heterocycles. The molecule has 1 atom stereocenters. The normalized spacial score (nSPS) is 17.7. The lowest BCUT2D eigenvalue weighted by Crippen LogP contribution is -2.47. The fourth-order valence-corrected chi connectivity index (χ4v) is 2.97. The van der Waals surface area contributed by atoms with Gasteiger partial charge in [0.1, 0.15) is 0 Å². The van der Waals surface area contributed by atoms with Crippen molar-refractivity contribution in [1.29, 1.82) is 0 Å². The van der Waals surface area contributed by atoms with Crippen molar-refractivity contribution in [2.75, 3.05) is 33.3 Å². The first-order valence-electron chi connectivity index (χ1n) is 8.16. The van der Waals surface area contributed by atoms with Gasteiger partial charge in [0.25, 0.3) is 0 Å². The fraction of sp³-hybridized carbons (Fsp3) is 0.588. The lowest BCUT2D eigenvalue weighted by molar-refractivity contribution is -0.136. The number of ether oxygens (including phenoxy) is 1. The predicted octanol–water partition coefficient (Wildman–Crippen LogP) is 1.95. The lowest BCUT2D eigenvalue weighted by atomic mass is 9.96. The van der Waals surface area contributed by atoms with E-state index in [0.717, 1.165) is 19.3 Å². The smallest absolute Gasteiger partial charge is 0.409 e. The number of rotatable bonds is 5. The summed E-state index contributed by atoms with van der Waals surface area (Å²) in [6.45, 7) is 4.48. The van der Waals surface area contributed by atoms with Crippen molar-refractivity contribution in [3.8, 4) is 0 Å². The summed E-state index contributed by atoms with van der Waals surface area (Å²) in [5.41, 5.74) is 1.17. The second-order valence-corrected chi connectivity index (χ2v) is 5.78. The molecule has 0 saturated carbocycles. The first-order valence-corrected chi connectivity index (χ1v) is 8.16. The number of hydrogen-bond donors (Lipinski definition) is 0. The Morgan fingerprint density at radius 1 is 1.39 bits per heavy atom. The molecule has 6 heteroatoms. The molecule has 23 heavy (non-hydrogen) atoms. The van der Waals surface area contributed by atoms with Gasteiger partial charge in [-0.05, 0) is 43.9 Å². The molecule has 0 aromatic carbocycles. The third-order valence-corrected chi connectivity index (χ3v) is 4.32. The molecule has 2 amide bonds. The number of piperidine rings is 1. The van der Waals surface area contributed by atoms with E-state index in [9.17, 15) is 9.59 Å². The molecule has 0 bridgehead atoms. The van der Waals surface area contributed by atoms with Crippen LogP contribution in [0.4, 0.5) is 4.79 Å². The molecular weight excluding hydrogens is 294 g/mol. The number of likely N-dealkylation sites (N-methyl/N-ethyl adjacent to an activating group) is 1. The first kappa shape index (κ1) is 17.2. The summed E-state index contributed by atoms with van der Waals surface area (Å²) in [5, 5.41) is 0. The van der Waals surface area contributed by atoms with Crippen LogP contribution in [-0.4, -0.2) is 60.1 Å². The number of methoxy groups -OCH3 is 1. The van der Waals surface area contributed by atoms with E-state index in [1.54, 1.807) is 17.3 Å². The summed E-state index contributed by atoms with van der Waals surface area (Å²) in [5.74, 6) is 0.00963. The summed E-state index contributed by atoms with van der Waals surface area (Å²) in [7, 11) is 1.38. The molecule has 6 nitrogen and oxygen atoms in total. The summed E-state index contributed by atoms with van der Waals surface area (Å²) in [4.78, 5) is 31.9. The number of amides is 2. The maximum atomic E-state index is 12.7. The Morgan fingerprint density at radius 2 is 2.13 bits per heavy atom. The van der Waals surface area contributed by atoms with E-state index in [-0.39, 0.29) is 17.9 Å². The van der Waals surface area contributed by atoms with Crippen molar-refractivity contribution in [3.63, 3.8) is 0 Å². The second kappa shape index (κ2) is 8.50. The van der Waals surface area contributed by atoms with Gasteiger partial charge in [-0.15, -0.1) is 0 Å². The monoisotopic (exact) mass is 319 g/mol. The van der Waals surface area contributed by atoms with Crippen molar-refractivity contribution in [2.24, 2.45) is 5.92 Å². The zero-order chi connectivity index (χ0) is 16.7. The number of carbonyl (C=O) groups is 2. The van der Waals surface area contributed by atoms with Crippen LogP contribution in [0.3, 0.4) is 0 Å². The zero-order valence-electron chi connectivity index (χ0n) is 13.9. The number of carbonyl (C=O) groups excluding carboxylic acids is 2. The van der Waals surface area contributed by atoms with E-state index < -0.39 is 0 Å². The van der Waals surface area contributed by atoms with Crippen LogP contribution in [0.25, 0.3) is 0 Å². The van der Waals surface area contributed by atoms with Crippen LogP contribution >= 0.6 is 0 Å². The van der Waals surface area contributed by atoms with E-state index in [0.29, 0.717) is 26.2 Å². The molecule has 1 aromatic rings. The minimum atomic E-state index is -0.345. The summed E-state index contributed by atoms with van der Waals surface area (Å²) in [6, 6.07) is 3.94. The van der Waals surface area contributed by atoms with Gasteiger partial charge in [0.2, 0.25) is 5.91 Å². The molecule has 1 unspecified atom stereocenters. The molecular formula is C17H25N3O3. The minimum absolute atomic E-state index is 0.125. The van der Waals surface area contributed by atoms with Crippen molar-refractivity contribution < 1.29 is 14.3 Å². The molecule has 2 rings (SSSR count). The van der Waals surface area contributed by atoms with Gasteiger partial charge in [0, 0.05) is 38.6 Å². The third-order valence-electron chi connectivity index (χ3n) is 4.32. The summed E-state index contributed by atoms with van der Waals surface area (Å²) >= 11 is 0. The zero-order valence-corrected chi connectivity index (χ0v) is 13.9. The van der Waals surface area contributed by atoms with Crippen LogP contribution in [0.5, 0.6) is 0 Å². The van der Waals surface area contributed by atoms with E-state index in [1.165, 1.54) is 12.7 Å². The molecule has 1 aromatic heterocycles. The lowest BCUT2D eigenvalue weighted by Gasteiger charge is -2.34. The topological polar surface area (TPSA) is 62.7 Å². The quantitative estimate of drug-likeness (QED) is 0.832. The predicted molar refractivity (Wildman–Crippen MR) is 86.9 cm³/mol. The Morgan fingerprint density at radius 3 is 2.78 bits per heavy atom. The molecule has 2 heterocycles. The maximum absolute atomic E-state index is 12.7. The van der Waals surface area contributed by atoms with Gasteiger partial charge in [-0.1, -0.05) is 0 Å². The Hall–Kier alpha value is -2.11. The van der Waals surface area contributed by atoms with Gasteiger partial charge < -0.3 is 14.5 Å². The molecule has 1 saturated heterocycles. The number of hydrogen-bond acceptors (Lipinski definition) is 4. The molecule has 0 N–H and O–H groups in total. The SMILES string of the molecule is CCN(CCc1ccncc1)C(=O)C1CCCN(C(=O)OC)C1. The van der Waals surface area contributed by atoms with Gasteiger partial charge in [0.15, 0.2) is 0 Å². The molecule has 0 aliphatic carbocycles. The number of likely N-dealkylation sites (tertiary alicyclic amines) is 1. The highest BCUT2D eigenvalue weighted by molar-refractivity contribution is 5.80. The Bertz CT molecular complexity index is 521. The van der Waals surface area contributed by atoms with Crippen LogP contribution in [0.1, 0.15) is 25.3 Å². The van der Waals surface area contributed by atoms with Crippen LogP contribution in [0, 0.1) is 5.92 Å². The Balaban J connectivity index is 1.92. The van der Waals surface area contributed by atoms with Gasteiger partial charge in [-0.25, -0.2) is 4.79 Å². The van der Waals surface area contributed by atoms with Gasteiger partial charge in [-0.3, -0.25) is 9.78 Å².